The molecule has 0 atom stereocenters. The molecule has 1 fully saturated rings. The van der Waals surface area contributed by atoms with Crippen molar-refractivity contribution in [3.63, 3.8) is 0 Å². The number of sulfonamides is 1. The molecule has 2 aromatic carbocycles. The van der Waals surface area contributed by atoms with Gasteiger partial charge in [0.05, 0.1) is 10.5 Å². The van der Waals surface area contributed by atoms with Gasteiger partial charge in [-0.15, -0.1) is 0 Å². The zero-order chi connectivity index (χ0) is 21.7. The molecule has 158 valence electrons. The van der Waals surface area contributed by atoms with Crippen LogP contribution in [0.4, 0.5) is 0 Å². The highest BCUT2D eigenvalue weighted by Gasteiger charge is 2.30. The summed E-state index contributed by atoms with van der Waals surface area (Å²) in [6.45, 7) is 1.98. The molecule has 0 saturated carbocycles. The van der Waals surface area contributed by atoms with E-state index in [0.29, 0.717) is 23.2 Å². The fourth-order valence-corrected chi connectivity index (χ4v) is 4.55. The van der Waals surface area contributed by atoms with Gasteiger partial charge in [-0.25, -0.2) is 8.42 Å². The van der Waals surface area contributed by atoms with E-state index in [1.54, 1.807) is 24.3 Å². The van der Waals surface area contributed by atoms with Crippen LogP contribution in [0.25, 0.3) is 0 Å². The molecule has 8 nitrogen and oxygen atoms in total. The molecule has 1 amide bonds. The number of nitrogens with zero attached hydrogens (tertiary/aromatic N) is 2. The lowest BCUT2D eigenvalue weighted by molar-refractivity contribution is -0.134. The lowest BCUT2D eigenvalue weighted by Crippen LogP contribution is -2.51. The van der Waals surface area contributed by atoms with Crippen molar-refractivity contribution >= 4 is 28.0 Å². The maximum atomic E-state index is 12.8. The highest BCUT2D eigenvalue weighted by Crippen LogP contribution is 2.19. The number of piperazine rings is 1. The first-order valence-electron chi connectivity index (χ1n) is 9.39. The Morgan fingerprint density at radius 1 is 1.00 bits per heavy atom. The Morgan fingerprint density at radius 2 is 1.63 bits per heavy atom. The maximum Gasteiger partial charge on any atom is 0.260 e. The Hall–Kier alpha value is -3.04. The van der Waals surface area contributed by atoms with Crippen LogP contribution in [-0.4, -0.2) is 68.4 Å². The van der Waals surface area contributed by atoms with Crippen molar-refractivity contribution in [3.8, 4) is 5.75 Å². The minimum atomic E-state index is -3.70. The van der Waals surface area contributed by atoms with Gasteiger partial charge in [-0.05, 0) is 31.2 Å². The van der Waals surface area contributed by atoms with E-state index in [0.717, 1.165) is 0 Å². The van der Waals surface area contributed by atoms with Gasteiger partial charge in [-0.3, -0.25) is 14.4 Å². The number of hydrogen-bond acceptors (Lipinski definition) is 6. The number of carbonyl (C=O) groups excluding carboxylic acids is 3. The molecular weight excluding hydrogens is 408 g/mol. The highest BCUT2D eigenvalue weighted by atomic mass is 32.2. The number of ketones is 1. The second kappa shape index (κ2) is 9.19. The number of amides is 1. The number of rotatable bonds is 7. The number of Topliss-reactive ketones (excluding diaryl/α,β-unsaturated/α-hetero) is 1. The van der Waals surface area contributed by atoms with Crippen LogP contribution in [0.1, 0.15) is 27.6 Å². The van der Waals surface area contributed by atoms with Gasteiger partial charge in [0.2, 0.25) is 10.0 Å². The number of aldehydes is 1. The predicted octanol–water partition coefficient (Wildman–Crippen LogP) is 1.61. The van der Waals surface area contributed by atoms with Gasteiger partial charge in [0, 0.05) is 31.7 Å². The Balaban J connectivity index is 1.57. The van der Waals surface area contributed by atoms with Crippen molar-refractivity contribution in [3.05, 3.63) is 59.7 Å². The minimum Gasteiger partial charge on any atom is -0.483 e. The highest BCUT2D eigenvalue weighted by molar-refractivity contribution is 7.89. The van der Waals surface area contributed by atoms with Crippen LogP contribution in [0.15, 0.2) is 53.4 Å². The van der Waals surface area contributed by atoms with Crippen LogP contribution < -0.4 is 4.74 Å². The van der Waals surface area contributed by atoms with Crippen molar-refractivity contribution in [2.75, 3.05) is 32.8 Å². The van der Waals surface area contributed by atoms with E-state index in [1.807, 2.05) is 0 Å². The lowest BCUT2D eigenvalue weighted by atomic mass is 10.2. The van der Waals surface area contributed by atoms with Crippen LogP contribution in [0, 0.1) is 0 Å². The van der Waals surface area contributed by atoms with Gasteiger partial charge in [0.1, 0.15) is 5.75 Å². The topological polar surface area (TPSA) is 101 Å². The zero-order valence-corrected chi connectivity index (χ0v) is 17.3. The van der Waals surface area contributed by atoms with Crippen LogP contribution >= 0.6 is 0 Å². The molecule has 9 heteroatoms. The van der Waals surface area contributed by atoms with Crippen molar-refractivity contribution in [2.45, 2.75) is 11.8 Å². The maximum absolute atomic E-state index is 12.8. The molecule has 0 N–H and O–H groups in total. The molecule has 0 aromatic heterocycles. The number of carbonyl (C=O) groups is 3. The summed E-state index contributed by atoms with van der Waals surface area (Å²) in [7, 11) is -3.70. The monoisotopic (exact) mass is 430 g/mol. The summed E-state index contributed by atoms with van der Waals surface area (Å²) in [5.41, 5.74) is 0.803. The number of benzene rings is 2. The second-order valence-corrected chi connectivity index (χ2v) is 8.75. The largest absolute Gasteiger partial charge is 0.483 e. The quantitative estimate of drug-likeness (QED) is 0.489. The molecule has 2 aromatic rings. The summed E-state index contributed by atoms with van der Waals surface area (Å²) >= 11 is 0. The summed E-state index contributed by atoms with van der Waals surface area (Å²) in [5.74, 6) is -0.0845. The number of hydrogen-bond donors (Lipinski definition) is 0. The molecule has 1 saturated heterocycles. The molecule has 0 spiro atoms. The van der Waals surface area contributed by atoms with Crippen molar-refractivity contribution in [1.29, 1.82) is 0 Å². The molecule has 0 unspecified atom stereocenters. The van der Waals surface area contributed by atoms with E-state index >= 15 is 0 Å². The third kappa shape index (κ3) is 4.74. The van der Waals surface area contributed by atoms with Crippen LogP contribution in [-0.2, 0) is 14.8 Å². The molecule has 3 rings (SSSR count). The minimum absolute atomic E-state index is 0.112. The summed E-state index contributed by atoms with van der Waals surface area (Å²) in [5, 5.41) is 0. The molecule has 1 heterocycles. The van der Waals surface area contributed by atoms with E-state index < -0.39 is 10.0 Å². The van der Waals surface area contributed by atoms with Crippen LogP contribution in [0.2, 0.25) is 0 Å². The summed E-state index contributed by atoms with van der Waals surface area (Å²) in [6.07, 6.45) is 0.659. The summed E-state index contributed by atoms with van der Waals surface area (Å²) < 4.78 is 32.4. The zero-order valence-electron chi connectivity index (χ0n) is 16.5. The van der Waals surface area contributed by atoms with Gasteiger partial charge in [-0.1, -0.05) is 24.3 Å². The van der Waals surface area contributed by atoms with E-state index in [4.69, 9.17) is 4.74 Å². The molecule has 0 aliphatic carbocycles. The van der Waals surface area contributed by atoms with Gasteiger partial charge < -0.3 is 9.64 Å². The van der Waals surface area contributed by atoms with Gasteiger partial charge in [-0.2, -0.15) is 4.31 Å². The summed E-state index contributed by atoms with van der Waals surface area (Å²) in [4.78, 5) is 36.4. The van der Waals surface area contributed by atoms with Gasteiger partial charge in [0.25, 0.3) is 5.91 Å². The SMILES string of the molecule is CC(=O)c1ccc(S(=O)(=O)N2CCN(C(=O)COc3ccccc3C=O)CC2)cc1. The van der Waals surface area contributed by atoms with Crippen molar-refractivity contribution in [1.82, 2.24) is 9.21 Å². The normalized spacial score (nSPS) is 14.9. The molecule has 0 radical (unpaired) electrons. The molecule has 30 heavy (non-hydrogen) atoms. The first kappa shape index (κ1) is 21.7. The van der Waals surface area contributed by atoms with E-state index in [1.165, 1.54) is 40.4 Å². The third-order valence-corrected chi connectivity index (χ3v) is 6.80. The summed E-state index contributed by atoms with van der Waals surface area (Å²) in [6, 6.07) is 12.4. The smallest absolute Gasteiger partial charge is 0.260 e. The average Bonchev–Trinajstić information content (AvgIpc) is 2.77. The fraction of sp³-hybridized carbons (Fsp3) is 0.286. The van der Waals surface area contributed by atoms with Gasteiger partial charge >= 0.3 is 0 Å². The lowest BCUT2D eigenvalue weighted by Gasteiger charge is -2.34. The van der Waals surface area contributed by atoms with Gasteiger partial charge in [0.15, 0.2) is 18.7 Å². The number of para-hydroxylation sites is 1. The Bertz CT molecular complexity index is 1040. The van der Waals surface area contributed by atoms with E-state index in [-0.39, 0.29) is 49.4 Å². The standard InChI is InChI=1S/C21H22N2O6S/c1-16(25)17-6-8-19(9-7-17)30(27,28)23-12-10-22(11-13-23)21(26)15-29-20-5-3-2-4-18(20)14-24/h2-9,14H,10-13,15H2,1H3. The van der Waals surface area contributed by atoms with Crippen molar-refractivity contribution < 1.29 is 27.5 Å². The second-order valence-electron chi connectivity index (χ2n) is 6.81. The first-order chi connectivity index (χ1) is 14.3. The van der Waals surface area contributed by atoms with E-state index in [2.05, 4.69) is 0 Å². The molecule has 1 aliphatic rings. The van der Waals surface area contributed by atoms with Crippen LogP contribution in [0.3, 0.4) is 0 Å². The number of ether oxygens (including phenoxy) is 1. The Labute approximate surface area is 175 Å². The Morgan fingerprint density at radius 3 is 2.23 bits per heavy atom. The van der Waals surface area contributed by atoms with Crippen LogP contribution in [0.5, 0.6) is 5.75 Å². The Kier molecular flexibility index (Phi) is 6.63. The molecule has 0 bridgehead atoms. The third-order valence-electron chi connectivity index (χ3n) is 4.89. The predicted molar refractivity (Wildman–Crippen MR) is 109 cm³/mol. The first-order valence-corrected chi connectivity index (χ1v) is 10.8. The molecular formula is C21H22N2O6S. The molecule has 1 aliphatic heterocycles. The van der Waals surface area contributed by atoms with E-state index in [9.17, 15) is 22.8 Å². The average molecular weight is 430 g/mol. The van der Waals surface area contributed by atoms with Crippen molar-refractivity contribution in [2.24, 2.45) is 0 Å². The fourth-order valence-electron chi connectivity index (χ4n) is 3.13.